The van der Waals surface area contributed by atoms with Crippen LogP contribution in [0.3, 0.4) is 0 Å². The third kappa shape index (κ3) is 12.4. The number of nitrogens with one attached hydrogen (secondary N) is 2. The second-order valence-electron chi connectivity index (χ2n) is 19.6. The second-order valence-corrected chi connectivity index (χ2v) is 21.7. The van der Waals surface area contributed by atoms with Crippen LogP contribution in [-0.2, 0) is 19.2 Å². The predicted octanol–water partition coefficient (Wildman–Crippen LogP) is 11.2. The lowest BCUT2D eigenvalue weighted by atomic mass is 10.0. The van der Waals surface area contributed by atoms with E-state index in [4.69, 9.17) is 20.2 Å². The SMILES string of the molecule is C[C@H](CCCO)C(=O)N[C@H](C(=O)N1CCC[C@H]1c1nc2c(-c3ccccc3)cccc2s1)c1ccccc1.C[C@H](CCCO)C(=O)N[C@H](C(=O)N1CCC[C@H]1c1nc2c(-c3ccccc3)ccnc2s1)c1ccccc1. The van der Waals surface area contributed by atoms with E-state index in [9.17, 15) is 19.2 Å². The number of hydrogen-bond acceptors (Lipinski definition) is 11. The smallest absolute Gasteiger partial charge is 0.250 e. The van der Waals surface area contributed by atoms with Gasteiger partial charge in [-0.25, -0.2) is 15.0 Å². The Morgan fingerprint density at radius 1 is 0.566 bits per heavy atom. The van der Waals surface area contributed by atoms with Crippen LogP contribution in [0.25, 0.3) is 42.8 Å². The Hall–Kier alpha value is -7.17. The molecule has 15 heteroatoms. The molecule has 6 atom stereocenters. The van der Waals surface area contributed by atoms with Gasteiger partial charge in [-0.15, -0.1) is 11.3 Å². The zero-order valence-corrected chi connectivity index (χ0v) is 44.6. The van der Waals surface area contributed by atoms with E-state index in [1.54, 1.807) is 11.3 Å². The van der Waals surface area contributed by atoms with E-state index in [0.29, 0.717) is 38.8 Å². The average molecular weight is 1060 g/mol. The highest BCUT2D eigenvalue weighted by atomic mass is 32.1. The van der Waals surface area contributed by atoms with Gasteiger partial charge in [-0.3, -0.25) is 19.2 Å². The van der Waals surface area contributed by atoms with E-state index in [2.05, 4.69) is 58.1 Å². The van der Waals surface area contributed by atoms with Crippen molar-refractivity contribution in [1.82, 2.24) is 35.4 Å². The fourth-order valence-corrected chi connectivity index (χ4v) is 12.4. The molecule has 2 aliphatic rings. The van der Waals surface area contributed by atoms with Gasteiger partial charge in [0.15, 0.2) is 0 Å². The lowest BCUT2D eigenvalue weighted by molar-refractivity contribution is -0.138. The average Bonchev–Trinajstić information content (AvgIpc) is 4.34. The molecule has 0 radical (unpaired) electrons. The van der Waals surface area contributed by atoms with Gasteiger partial charge < -0.3 is 30.6 Å². The molecule has 0 bridgehead atoms. The van der Waals surface area contributed by atoms with Crippen molar-refractivity contribution in [1.29, 1.82) is 0 Å². The molecule has 3 aromatic heterocycles. The normalized spacial score (nSPS) is 16.9. The molecule has 0 aliphatic carbocycles. The summed E-state index contributed by atoms with van der Waals surface area (Å²) >= 11 is 3.18. The van der Waals surface area contributed by atoms with Crippen molar-refractivity contribution in [3.8, 4) is 22.3 Å². The van der Waals surface area contributed by atoms with E-state index in [1.807, 2.05) is 133 Å². The Balaban J connectivity index is 0.000000186. The third-order valence-corrected chi connectivity index (χ3v) is 16.6. The number of thiazole rings is 2. The van der Waals surface area contributed by atoms with Crippen LogP contribution in [0.2, 0.25) is 0 Å². The number of pyridine rings is 1. The summed E-state index contributed by atoms with van der Waals surface area (Å²) in [6.07, 6.45) is 7.45. The van der Waals surface area contributed by atoms with E-state index < -0.39 is 12.1 Å². The maximum Gasteiger partial charge on any atom is 0.250 e. The van der Waals surface area contributed by atoms with Crippen molar-refractivity contribution in [2.24, 2.45) is 11.8 Å². The highest BCUT2D eigenvalue weighted by Gasteiger charge is 2.39. The monoisotopic (exact) mass is 1060 g/mol. The number of likely N-dealkylation sites (tertiary alicyclic amines) is 2. The summed E-state index contributed by atoms with van der Waals surface area (Å²) in [6.45, 7) is 4.98. The molecule has 8 aromatic rings. The van der Waals surface area contributed by atoms with Gasteiger partial charge >= 0.3 is 0 Å². The Morgan fingerprint density at radius 2 is 1.01 bits per heavy atom. The van der Waals surface area contributed by atoms with Crippen LogP contribution < -0.4 is 10.6 Å². The van der Waals surface area contributed by atoms with E-state index >= 15 is 0 Å². The summed E-state index contributed by atoms with van der Waals surface area (Å²) in [4.78, 5) is 73.4. The molecule has 13 nitrogen and oxygen atoms in total. The molecule has 2 fully saturated rings. The number of aromatic nitrogens is 3. The molecule has 392 valence electrons. The van der Waals surface area contributed by atoms with E-state index in [0.717, 1.165) is 89.6 Å². The molecule has 2 saturated heterocycles. The quantitative estimate of drug-likeness (QED) is 0.0651. The van der Waals surface area contributed by atoms with Gasteiger partial charge in [-0.2, -0.15) is 0 Å². The lowest BCUT2D eigenvalue weighted by Crippen LogP contribution is -2.44. The number of rotatable bonds is 18. The molecular formula is C61H65N7O6S2. The highest BCUT2D eigenvalue weighted by molar-refractivity contribution is 7.18. The number of nitrogens with zero attached hydrogens (tertiary/aromatic N) is 5. The maximum absolute atomic E-state index is 14.1. The number of carbonyl (C=O) groups excluding carboxylic acids is 4. The molecule has 0 unspecified atom stereocenters. The number of fused-ring (bicyclic) bond motifs is 2. The minimum absolute atomic E-state index is 0.0388. The number of aliphatic hydroxyl groups is 2. The van der Waals surface area contributed by atoms with Crippen molar-refractivity contribution in [3.05, 3.63) is 173 Å². The molecule has 10 rings (SSSR count). The first kappa shape index (κ1) is 53.6. The number of amides is 4. The van der Waals surface area contributed by atoms with Gasteiger partial charge in [0.25, 0.3) is 0 Å². The highest BCUT2D eigenvalue weighted by Crippen LogP contribution is 2.42. The van der Waals surface area contributed by atoms with Crippen LogP contribution in [0.5, 0.6) is 0 Å². The molecule has 4 N–H and O–H groups in total. The summed E-state index contributed by atoms with van der Waals surface area (Å²) < 4.78 is 1.10. The zero-order chi connectivity index (χ0) is 53.0. The largest absolute Gasteiger partial charge is 0.396 e. The fourth-order valence-electron chi connectivity index (χ4n) is 10.2. The predicted molar refractivity (Wildman–Crippen MR) is 301 cm³/mol. The molecule has 5 aromatic carbocycles. The van der Waals surface area contributed by atoms with Crippen LogP contribution >= 0.6 is 22.7 Å². The number of benzene rings is 5. The molecule has 76 heavy (non-hydrogen) atoms. The summed E-state index contributed by atoms with van der Waals surface area (Å²) in [7, 11) is 0. The van der Waals surface area contributed by atoms with Gasteiger partial charge in [0.05, 0.1) is 22.3 Å². The molecule has 4 amide bonds. The molecule has 2 aliphatic heterocycles. The summed E-state index contributed by atoms with van der Waals surface area (Å²) in [6, 6.07) is 45.6. The Kier molecular flexibility index (Phi) is 18.1. The lowest BCUT2D eigenvalue weighted by Gasteiger charge is -2.29. The number of aliphatic hydroxyl groups excluding tert-OH is 2. The van der Waals surface area contributed by atoms with E-state index in [-0.39, 0.29) is 60.8 Å². The number of carbonyl (C=O) groups is 4. The zero-order valence-electron chi connectivity index (χ0n) is 43.0. The van der Waals surface area contributed by atoms with Gasteiger partial charge in [-0.1, -0.05) is 159 Å². The van der Waals surface area contributed by atoms with Crippen molar-refractivity contribution < 1.29 is 29.4 Å². The molecular weight excluding hydrogens is 991 g/mol. The third-order valence-electron chi connectivity index (χ3n) is 14.4. The van der Waals surface area contributed by atoms with Crippen molar-refractivity contribution in [2.45, 2.75) is 89.4 Å². The minimum Gasteiger partial charge on any atom is -0.396 e. The standard InChI is InChI=1S/C31H33N3O3S.C30H32N4O3S/c1-21(11-10-20-35)29(36)32-27(23-14-6-3-7-15-23)31(37)34-19-9-17-25(34)30-33-28-24(16-8-18-26(28)38-30)22-12-4-2-5-13-22;1-20(10-9-19-35)27(36)32-25(22-13-6-3-7-14-22)30(37)34-18-8-15-24(34)28-33-26-23(16-17-31-29(26)38-28)21-11-4-2-5-12-21/h2-8,12-16,18,21,25,27,35H,9-11,17,19-20H2,1H3,(H,32,36);2-7,11-14,16-17,20,24-25,35H,8-10,15,18-19H2,1H3,(H,32,36)/t21-,25+,27+;20-,24+,25+/m11/s1. The van der Waals surface area contributed by atoms with Crippen LogP contribution in [-0.4, -0.2) is 84.9 Å². The molecule has 5 heterocycles. The van der Waals surface area contributed by atoms with Crippen molar-refractivity contribution in [3.63, 3.8) is 0 Å². The topological polar surface area (TPSA) is 178 Å². The fraction of sp³-hybridized carbons (Fsp3) is 0.328. The van der Waals surface area contributed by atoms with Gasteiger partial charge in [-0.05, 0) is 85.8 Å². The Bertz CT molecular complexity index is 3000. The molecule has 0 spiro atoms. The number of hydrogen-bond donors (Lipinski definition) is 4. The first-order valence-corrected chi connectivity index (χ1v) is 28.1. The summed E-state index contributed by atoms with van der Waals surface area (Å²) in [5, 5.41) is 26.2. The van der Waals surface area contributed by atoms with E-state index in [1.165, 1.54) is 11.3 Å². The first-order valence-electron chi connectivity index (χ1n) is 26.4. The van der Waals surface area contributed by atoms with Crippen molar-refractivity contribution in [2.75, 3.05) is 26.3 Å². The summed E-state index contributed by atoms with van der Waals surface area (Å²) in [5.41, 5.74) is 7.65. The van der Waals surface area contributed by atoms with Crippen LogP contribution in [0.4, 0.5) is 0 Å². The molecule has 0 saturated carbocycles. The Labute approximate surface area is 452 Å². The van der Waals surface area contributed by atoms with Gasteiger partial charge in [0.2, 0.25) is 23.6 Å². The van der Waals surface area contributed by atoms with Crippen LogP contribution in [0.15, 0.2) is 152 Å². The summed E-state index contributed by atoms with van der Waals surface area (Å²) in [5.74, 6) is -1.20. The van der Waals surface area contributed by atoms with Crippen LogP contribution in [0, 0.1) is 11.8 Å². The van der Waals surface area contributed by atoms with Crippen LogP contribution in [0.1, 0.15) is 111 Å². The first-order chi connectivity index (χ1) is 37.1. The maximum atomic E-state index is 14.1. The van der Waals surface area contributed by atoms with Crippen molar-refractivity contribution >= 4 is 66.9 Å². The number of para-hydroxylation sites is 1. The second kappa shape index (κ2) is 25.6. The minimum atomic E-state index is -0.784. The van der Waals surface area contributed by atoms with Gasteiger partial charge in [0, 0.05) is 55.5 Å². The van der Waals surface area contributed by atoms with Gasteiger partial charge in [0.1, 0.15) is 32.4 Å². The Morgan fingerprint density at radius 3 is 1.50 bits per heavy atom.